The third kappa shape index (κ3) is 7.10. The van der Waals surface area contributed by atoms with Gasteiger partial charge in [-0.2, -0.15) is 0 Å². The summed E-state index contributed by atoms with van der Waals surface area (Å²) in [7, 11) is -2.17. The van der Waals surface area contributed by atoms with Crippen LogP contribution in [0.3, 0.4) is 0 Å². The van der Waals surface area contributed by atoms with Crippen molar-refractivity contribution in [3.05, 3.63) is 70.3 Å². The number of ether oxygens (including phenoxy) is 2. The number of aryl methyl sites for hydroxylation is 1. The van der Waals surface area contributed by atoms with Crippen molar-refractivity contribution in [2.24, 2.45) is 17.8 Å². The maximum Gasteiger partial charge on any atom is 0.264 e. The number of fused-ring (bicyclic) bond motifs is 4. The van der Waals surface area contributed by atoms with Crippen LogP contribution in [0.1, 0.15) is 74.4 Å². The van der Waals surface area contributed by atoms with Gasteiger partial charge in [-0.3, -0.25) is 14.5 Å². The molecule has 2 aromatic carbocycles. The molecule has 2 aromatic rings. The fourth-order valence-corrected chi connectivity index (χ4v) is 10.9. The number of rotatable bonds is 3. The number of nitrogens with one attached hydrogen (secondary N) is 1. The van der Waals surface area contributed by atoms with E-state index in [2.05, 4.69) is 38.8 Å². The second kappa shape index (κ2) is 14.6. The van der Waals surface area contributed by atoms with E-state index < -0.39 is 26.8 Å². The summed E-state index contributed by atoms with van der Waals surface area (Å²) < 4.78 is 42.8. The summed E-state index contributed by atoms with van der Waals surface area (Å²) in [6.07, 6.45) is 9.79. The predicted molar refractivity (Wildman–Crippen MR) is 204 cm³/mol. The van der Waals surface area contributed by atoms with Crippen molar-refractivity contribution in [3.8, 4) is 5.75 Å². The lowest BCUT2D eigenvalue weighted by Crippen LogP contribution is -2.59. The molecule has 0 unspecified atom stereocenters. The lowest BCUT2D eigenvalue weighted by Gasteiger charge is -2.52. The number of hydrogen-bond acceptors (Lipinski definition) is 8. The Morgan fingerprint density at radius 1 is 1.10 bits per heavy atom. The van der Waals surface area contributed by atoms with Crippen LogP contribution in [0.2, 0.25) is 5.02 Å². The van der Waals surface area contributed by atoms with E-state index in [9.17, 15) is 18.0 Å². The predicted octanol–water partition coefficient (Wildman–Crippen LogP) is 5.43. The van der Waals surface area contributed by atoms with E-state index in [0.717, 1.165) is 62.4 Å². The monoisotopic (exact) mass is 752 g/mol. The number of amides is 2. The molecule has 6 atom stereocenters. The minimum Gasteiger partial charge on any atom is -0.490 e. The van der Waals surface area contributed by atoms with Gasteiger partial charge in [0.05, 0.1) is 17.5 Å². The number of hydrogen-bond donors (Lipinski definition) is 1. The highest BCUT2D eigenvalue weighted by Gasteiger charge is 2.50. The first-order valence-corrected chi connectivity index (χ1v) is 20.8. The molecule has 12 heteroatoms. The first kappa shape index (κ1) is 37.2. The molecule has 10 nitrogen and oxygen atoms in total. The van der Waals surface area contributed by atoms with E-state index >= 15 is 0 Å². The lowest BCUT2D eigenvalue weighted by molar-refractivity contribution is -0.132. The number of anilines is 1. The first-order valence-electron chi connectivity index (χ1n) is 18.9. The number of methoxy groups -OCH3 is 1. The van der Waals surface area contributed by atoms with Crippen LogP contribution in [0, 0.1) is 17.8 Å². The third-order valence-corrected chi connectivity index (χ3v) is 15.0. The SMILES string of the molecule is CO[C@@]1(CN2CCN(C(C)=O)CC2)/C=C/C[C@H](C)[C@@H](C)S(=O)(=O)NC(=O)c2ccc3c(c2)N(C[C@@H]2CC[C@H]21)C[C@@]1(CCCc2cc(Cl)ccc21)CO3. The van der Waals surface area contributed by atoms with E-state index in [-0.39, 0.29) is 28.7 Å². The molecule has 1 spiro atoms. The topological polar surface area (TPSA) is 108 Å². The molecule has 7 rings (SSSR count). The molecule has 282 valence electrons. The first-order chi connectivity index (χ1) is 24.8. The zero-order chi connectivity index (χ0) is 36.8. The van der Waals surface area contributed by atoms with Gasteiger partial charge in [-0.1, -0.05) is 36.7 Å². The van der Waals surface area contributed by atoms with Crippen LogP contribution < -0.4 is 14.4 Å². The van der Waals surface area contributed by atoms with Crippen molar-refractivity contribution in [2.75, 3.05) is 64.4 Å². The average Bonchev–Trinajstić information content (AvgIpc) is 3.25. The molecule has 1 saturated heterocycles. The molecule has 1 saturated carbocycles. The van der Waals surface area contributed by atoms with Gasteiger partial charge in [0.1, 0.15) is 11.4 Å². The number of carbonyl (C=O) groups is 2. The fraction of sp³-hybridized carbons (Fsp3) is 0.600. The van der Waals surface area contributed by atoms with Crippen molar-refractivity contribution < 1.29 is 27.5 Å². The Bertz CT molecular complexity index is 1830. The van der Waals surface area contributed by atoms with Crippen LogP contribution >= 0.6 is 11.6 Å². The summed E-state index contributed by atoms with van der Waals surface area (Å²) in [5, 5.41) is -0.0700. The smallest absolute Gasteiger partial charge is 0.264 e. The second-order valence-corrected chi connectivity index (χ2v) is 18.4. The van der Waals surface area contributed by atoms with Crippen LogP contribution in [-0.4, -0.2) is 100 Å². The van der Waals surface area contributed by atoms with Crippen molar-refractivity contribution in [3.63, 3.8) is 0 Å². The number of nitrogens with zero attached hydrogens (tertiary/aromatic N) is 3. The molecule has 5 aliphatic rings. The molecule has 2 aliphatic carbocycles. The van der Waals surface area contributed by atoms with Gasteiger partial charge >= 0.3 is 0 Å². The van der Waals surface area contributed by atoms with Crippen LogP contribution in [-0.2, 0) is 31.4 Å². The normalized spacial score (nSPS) is 32.8. The van der Waals surface area contributed by atoms with Crippen LogP contribution in [0.5, 0.6) is 5.75 Å². The molecule has 1 N–H and O–H groups in total. The van der Waals surface area contributed by atoms with Gasteiger partial charge in [0.2, 0.25) is 15.9 Å². The summed E-state index contributed by atoms with van der Waals surface area (Å²) in [6, 6.07) is 11.5. The highest BCUT2D eigenvalue weighted by atomic mass is 35.5. The fourth-order valence-electron chi connectivity index (χ4n) is 9.38. The molecule has 0 aromatic heterocycles. The van der Waals surface area contributed by atoms with Crippen LogP contribution in [0.25, 0.3) is 0 Å². The van der Waals surface area contributed by atoms with E-state index in [4.69, 9.17) is 21.1 Å². The number of benzene rings is 2. The van der Waals surface area contributed by atoms with Crippen molar-refractivity contribution in [1.29, 1.82) is 0 Å². The Kier molecular flexibility index (Phi) is 10.5. The Labute approximate surface area is 313 Å². The van der Waals surface area contributed by atoms with E-state index in [1.807, 2.05) is 30.0 Å². The Balaban J connectivity index is 1.29. The van der Waals surface area contributed by atoms with Crippen molar-refractivity contribution in [2.45, 2.75) is 75.6 Å². The van der Waals surface area contributed by atoms with Gasteiger partial charge in [-0.05, 0) is 105 Å². The summed E-state index contributed by atoms with van der Waals surface area (Å²) in [6.45, 7) is 10.7. The number of carbonyl (C=O) groups excluding carboxylic acids is 2. The van der Waals surface area contributed by atoms with Gasteiger partial charge in [0.25, 0.3) is 5.91 Å². The third-order valence-electron chi connectivity index (χ3n) is 12.9. The standard InChI is InChI=1S/C40H53ClN4O6S/c1-27-7-5-16-40(50-4,25-43-17-19-44(20-18-43)29(3)46)35-12-9-32(35)23-45-24-39(15-6-8-30-21-33(41)11-13-34(30)39)26-51-37-14-10-31(22-36(37)45)38(47)42-52(48,49)28(27)2/h5,10-11,13-14,16,21-22,27-28,32,35H,6-9,12,15,17-20,23-26H2,1-4H3,(H,42,47)/b16-5+/t27-,28+,32-,35+,39-,40+/m0/s1. The molecule has 2 fully saturated rings. The van der Waals surface area contributed by atoms with E-state index in [1.165, 1.54) is 11.1 Å². The van der Waals surface area contributed by atoms with Gasteiger partial charge in [0.15, 0.2) is 0 Å². The van der Waals surface area contributed by atoms with Crippen LogP contribution in [0.15, 0.2) is 48.6 Å². The number of allylic oxidation sites excluding steroid dienone is 1. The van der Waals surface area contributed by atoms with Gasteiger partial charge < -0.3 is 19.3 Å². The largest absolute Gasteiger partial charge is 0.490 e. The lowest BCUT2D eigenvalue weighted by atomic mass is 9.63. The van der Waals surface area contributed by atoms with Gasteiger partial charge in [-0.15, -0.1) is 0 Å². The maximum absolute atomic E-state index is 13.6. The van der Waals surface area contributed by atoms with Crippen molar-refractivity contribution >= 4 is 39.1 Å². The number of sulfonamides is 1. The molecule has 52 heavy (non-hydrogen) atoms. The maximum atomic E-state index is 13.6. The minimum absolute atomic E-state index is 0.102. The zero-order valence-electron chi connectivity index (χ0n) is 30.9. The second-order valence-electron chi connectivity index (χ2n) is 16.0. The summed E-state index contributed by atoms with van der Waals surface area (Å²) in [4.78, 5) is 32.4. The van der Waals surface area contributed by atoms with Gasteiger partial charge in [0, 0.05) is 75.8 Å². The molecular formula is C40H53ClN4O6S. The number of piperazine rings is 1. The molecular weight excluding hydrogens is 700 g/mol. The van der Waals surface area contributed by atoms with E-state index in [0.29, 0.717) is 50.9 Å². The molecule has 0 radical (unpaired) electrons. The Morgan fingerprint density at radius 3 is 2.60 bits per heavy atom. The molecule has 3 aliphatic heterocycles. The summed E-state index contributed by atoms with van der Waals surface area (Å²) in [5.41, 5.74) is 2.72. The quantitative estimate of drug-likeness (QED) is 0.414. The highest BCUT2D eigenvalue weighted by molar-refractivity contribution is 7.90. The van der Waals surface area contributed by atoms with Gasteiger partial charge in [-0.25, -0.2) is 13.1 Å². The minimum atomic E-state index is -3.98. The van der Waals surface area contributed by atoms with Crippen molar-refractivity contribution in [1.82, 2.24) is 14.5 Å². The average molecular weight is 753 g/mol. The molecule has 2 bridgehead atoms. The molecule has 2 amide bonds. The summed E-state index contributed by atoms with van der Waals surface area (Å²) in [5.74, 6) is 0.410. The summed E-state index contributed by atoms with van der Waals surface area (Å²) >= 11 is 6.49. The van der Waals surface area contributed by atoms with E-state index in [1.54, 1.807) is 27.0 Å². The zero-order valence-corrected chi connectivity index (χ0v) is 32.5. The molecule has 3 heterocycles. The van der Waals surface area contributed by atoms with Crippen LogP contribution in [0.4, 0.5) is 5.69 Å². The number of halogens is 1. The highest BCUT2D eigenvalue weighted by Crippen LogP contribution is 2.49. The Hall–Kier alpha value is -3.12. The Morgan fingerprint density at radius 2 is 1.88 bits per heavy atom.